The molecule has 5 nitrogen and oxygen atoms in total. The van der Waals surface area contributed by atoms with Crippen LogP contribution in [0.4, 0.5) is 0 Å². The molecule has 1 aromatic heterocycles. The summed E-state index contributed by atoms with van der Waals surface area (Å²) in [6.07, 6.45) is 2.14. The highest BCUT2D eigenvalue weighted by atomic mass is 16.5. The predicted molar refractivity (Wildman–Crippen MR) is 61.7 cm³/mol. The molecule has 3 N–H and O–H groups in total. The Balaban J connectivity index is 2.75. The van der Waals surface area contributed by atoms with E-state index in [2.05, 4.69) is 17.1 Å². The molecular formula is C11H17N3O2. The van der Waals surface area contributed by atoms with Gasteiger partial charge in [0.15, 0.2) is 5.84 Å². The minimum Gasteiger partial charge on any atom is -0.475 e. The Bertz CT molecular complexity index is 366. The molecule has 0 saturated heterocycles. The predicted octanol–water partition coefficient (Wildman–Crippen LogP) is 1.74. The van der Waals surface area contributed by atoms with Crippen molar-refractivity contribution < 1.29 is 9.94 Å². The zero-order valence-corrected chi connectivity index (χ0v) is 9.55. The largest absolute Gasteiger partial charge is 0.475 e. The first-order chi connectivity index (χ1) is 7.67. The molecule has 0 radical (unpaired) electrons. The van der Waals surface area contributed by atoms with E-state index in [1.54, 1.807) is 18.2 Å². The van der Waals surface area contributed by atoms with Gasteiger partial charge < -0.3 is 15.7 Å². The van der Waals surface area contributed by atoms with Crippen molar-refractivity contribution in [3.8, 4) is 5.88 Å². The Morgan fingerprint density at radius 2 is 2.38 bits per heavy atom. The summed E-state index contributed by atoms with van der Waals surface area (Å²) in [7, 11) is 0. The fraction of sp³-hybridized carbons (Fsp3) is 0.455. The second kappa shape index (κ2) is 5.95. The van der Waals surface area contributed by atoms with Crippen LogP contribution in [0.5, 0.6) is 5.88 Å². The Morgan fingerprint density at radius 3 is 3.00 bits per heavy atom. The van der Waals surface area contributed by atoms with Crippen LogP contribution in [0.1, 0.15) is 32.4 Å². The summed E-state index contributed by atoms with van der Waals surface area (Å²) in [6.45, 7) is 4.08. The molecule has 0 aliphatic rings. The topological polar surface area (TPSA) is 80.7 Å². The fourth-order valence-corrected chi connectivity index (χ4v) is 1.35. The summed E-state index contributed by atoms with van der Waals surface area (Å²) in [4.78, 5) is 4.13. The smallest absolute Gasteiger partial charge is 0.214 e. The molecule has 0 bridgehead atoms. The number of nitrogens with zero attached hydrogens (tertiary/aromatic N) is 2. The third kappa shape index (κ3) is 3.42. The Hall–Kier alpha value is -1.78. The average molecular weight is 223 g/mol. The van der Waals surface area contributed by atoms with Crippen LogP contribution in [0.2, 0.25) is 0 Å². The molecule has 0 spiro atoms. The molecular weight excluding hydrogens is 206 g/mol. The van der Waals surface area contributed by atoms with Crippen molar-refractivity contribution in [2.75, 3.05) is 0 Å². The number of amidine groups is 1. The van der Waals surface area contributed by atoms with Gasteiger partial charge in [-0.3, -0.25) is 0 Å². The molecule has 5 heteroatoms. The number of rotatable bonds is 5. The van der Waals surface area contributed by atoms with E-state index >= 15 is 0 Å². The van der Waals surface area contributed by atoms with E-state index in [-0.39, 0.29) is 11.9 Å². The van der Waals surface area contributed by atoms with Crippen LogP contribution in [0.3, 0.4) is 0 Å². The van der Waals surface area contributed by atoms with Gasteiger partial charge in [0.1, 0.15) is 5.69 Å². The molecule has 1 unspecified atom stereocenters. The van der Waals surface area contributed by atoms with Crippen LogP contribution < -0.4 is 10.5 Å². The quantitative estimate of drug-likeness (QED) is 0.345. The molecule has 0 aliphatic carbocycles. The van der Waals surface area contributed by atoms with Crippen LogP contribution in [-0.4, -0.2) is 22.1 Å². The minimum absolute atomic E-state index is 0.0198. The minimum atomic E-state index is -0.0198. The number of hydrogen-bond acceptors (Lipinski definition) is 4. The Labute approximate surface area is 94.9 Å². The van der Waals surface area contributed by atoms with Gasteiger partial charge >= 0.3 is 0 Å². The Kier molecular flexibility index (Phi) is 4.57. The summed E-state index contributed by atoms with van der Waals surface area (Å²) in [6, 6.07) is 5.17. The van der Waals surface area contributed by atoms with Crippen molar-refractivity contribution in [2.24, 2.45) is 10.9 Å². The third-order valence-electron chi connectivity index (χ3n) is 2.11. The summed E-state index contributed by atoms with van der Waals surface area (Å²) in [5, 5.41) is 11.4. The molecule has 1 heterocycles. The molecule has 0 fully saturated rings. The molecule has 0 saturated carbocycles. The molecule has 0 aliphatic heterocycles. The highest BCUT2D eigenvalue weighted by Crippen LogP contribution is 2.11. The first kappa shape index (κ1) is 12.3. The van der Waals surface area contributed by atoms with Gasteiger partial charge in [-0.2, -0.15) is 0 Å². The number of ether oxygens (including phenoxy) is 1. The normalized spacial score (nSPS) is 13.5. The van der Waals surface area contributed by atoms with E-state index in [9.17, 15) is 0 Å². The van der Waals surface area contributed by atoms with E-state index in [4.69, 9.17) is 15.7 Å². The van der Waals surface area contributed by atoms with Gasteiger partial charge in [0, 0.05) is 6.07 Å². The summed E-state index contributed by atoms with van der Waals surface area (Å²) in [5.41, 5.74) is 5.84. The molecule has 1 aromatic rings. The van der Waals surface area contributed by atoms with E-state index in [0.29, 0.717) is 11.6 Å². The van der Waals surface area contributed by atoms with Crippen LogP contribution in [0.15, 0.2) is 23.4 Å². The lowest BCUT2D eigenvalue weighted by Gasteiger charge is -2.13. The maximum Gasteiger partial charge on any atom is 0.214 e. The monoisotopic (exact) mass is 223 g/mol. The SMILES string of the molecule is CCCC(C)Oc1cccc(/C(N)=N/O)n1. The highest BCUT2D eigenvalue weighted by molar-refractivity contribution is 5.95. The van der Waals surface area contributed by atoms with Crippen LogP contribution >= 0.6 is 0 Å². The summed E-state index contributed by atoms with van der Waals surface area (Å²) in [5.74, 6) is 0.471. The lowest BCUT2D eigenvalue weighted by Crippen LogP contribution is -2.17. The third-order valence-corrected chi connectivity index (χ3v) is 2.11. The van der Waals surface area contributed by atoms with Crippen LogP contribution in [0.25, 0.3) is 0 Å². The van der Waals surface area contributed by atoms with Crippen molar-refractivity contribution in [3.63, 3.8) is 0 Å². The van der Waals surface area contributed by atoms with Gasteiger partial charge in [-0.05, 0) is 19.4 Å². The first-order valence-electron chi connectivity index (χ1n) is 5.29. The van der Waals surface area contributed by atoms with E-state index in [1.807, 2.05) is 6.92 Å². The van der Waals surface area contributed by atoms with Crippen LogP contribution in [-0.2, 0) is 0 Å². The zero-order valence-electron chi connectivity index (χ0n) is 9.55. The number of pyridine rings is 1. The molecule has 16 heavy (non-hydrogen) atoms. The summed E-state index contributed by atoms with van der Waals surface area (Å²) < 4.78 is 5.59. The van der Waals surface area contributed by atoms with Gasteiger partial charge in [0.05, 0.1) is 6.10 Å². The molecule has 1 rings (SSSR count). The number of aromatic nitrogens is 1. The molecule has 88 valence electrons. The van der Waals surface area contributed by atoms with Crippen molar-refractivity contribution >= 4 is 5.84 Å². The van der Waals surface area contributed by atoms with Crippen LogP contribution in [0, 0.1) is 0 Å². The van der Waals surface area contributed by atoms with Gasteiger partial charge in [0.2, 0.25) is 5.88 Å². The molecule has 0 amide bonds. The highest BCUT2D eigenvalue weighted by Gasteiger charge is 2.06. The molecule has 0 aromatic carbocycles. The van der Waals surface area contributed by atoms with Gasteiger partial charge in [-0.25, -0.2) is 4.98 Å². The lowest BCUT2D eigenvalue weighted by molar-refractivity contribution is 0.201. The van der Waals surface area contributed by atoms with Crippen molar-refractivity contribution in [1.82, 2.24) is 4.98 Å². The standard InChI is InChI=1S/C11H17N3O2/c1-3-5-8(2)16-10-7-4-6-9(13-10)11(12)14-15/h4,6-8,15H,3,5H2,1-2H3,(H2,12,14). The second-order valence-electron chi connectivity index (χ2n) is 3.56. The number of nitrogens with two attached hydrogens (primary N) is 1. The van der Waals surface area contributed by atoms with Crippen molar-refractivity contribution in [3.05, 3.63) is 23.9 Å². The molecule has 1 atom stereocenters. The fourth-order valence-electron chi connectivity index (χ4n) is 1.35. The summed E-state index contributed by atoms with van der Waals surface area (Å²) >= 11 is 0. The second-order valence-corrected chi connectivity index (χ2v) is 3.56. The van der Waals surface area contributed by atoms with E-state index in [1.165, 1.54) is 0 Å². The van der Waals surface area contributed by atoms with Gasteiger partial charge in [-0.1, -0.05) is 24.6 Å². The first-order valence-corrected chi connectivity index (χ1v) is 5.29. The van der Waals surface area contributed by atoms with E-state index < -0.39 is 0 Å². The van der Waals surface area contributed by atoms with Gasteiger partial charge in [-0.15, -0.1) is 0 Å². The maximum atomic E-state index is 8.53. The lowest BCUT2D eigenvalue weighted by atomic mass is 10.2. The zero-order chi connectivity index (χ0) is 12.0. The maximum absolute atomic E-state index is 8.53. The van der Waals surface area contributed by atoms with Crippen molar-refractivity contribution in [1.29, 1.82) is 0 Å². The Morgan fingerprint density at radius 1 is 1.62 bits per heavy atom. The van der Waals surface area contributed by atoms with E-state index in [0.717, 1.165) is 12.8 Å². The number of hydrogen-bond donors (Lipinski definition) is 2. The number of oxime groups is 1. The van der Waals surface area contributed by atoms with Crippen molar-refractivity contribution in [2.45, 2.75) is 32.8 Å². The average Bonchev–Trinajstić information content (AvgIpc) is 2.28. The van der Waals surface area contributed by atoms with Gasteiger partial charge in [0.25, 0.3) is 0 Å².